The summed E-state index contributed by atoms with van der Waals surface area (Å²) in [5.74, 6) is -1.01. The first-order chi connectivity index (χ1) is 18.7. The second-order valence-electron chi connectivity index (χ2n) is 8.52. The topological polar surface area (TPSA) is 134 Å². The third kappa shape index (κ3) is 5.81. The van der Waals surface area contributed by atoms with E-state index in [9.17, 15) is 19.5 Å². The lowest BCUT2D eigenvalue weighted by Gasteiger charge is -2.49. The van der Waals surface area contributed by atoms with Gasteiger partial charge in [-0.2, -0.15) is 0 Å². The number of fused-ring (bicyclic) bond motifs is 1. The van der Waals surface area contributed by atoms with Crippen LogP contribution in [-0.2, 0) is 20.8 Å². The molecule has 2 aliphatic heterocycles. The van der Waals surface area contributed by atoms with Crippen molar-refractivity contribution in [2.75, 3.05) is 12.4 Å². The molecule has 1 saturated heterocycles. The lowest BCUT2D eigenvalue weighted by molar-refractivity contribution is -0.150. The number of carbonyl (C=O) groups is 3. The number of nitrogens with zero attached hydrogens (tertiary/aromatic N) is 2. The zero-order chi connectivity index (χ0) is 27.7. The summed E-state index contributed by atoms with van der Waals surface area (Å²) in [4.78, 5) is 45.3. The fourth-order valence-electron chi connectivity index (χ4n) is 4.09. The van der Waals surface area contributed by atoms with E-state index in [1.807, 2.05) is 0 Å². The molecule has 3 aromatic rings. The van der Waals surface area contributed by atoms with Crippen LogP contribution in [0.3, 0.4) is 0 Å². The second kappa shape index (κ2) is 11.4. The number of nitrogens with one attached hydrogen (secondary N) is 2. The Labute approximate surface area is 241 Å². The van der Waals surface area contributed by atoms with Gasteiger partial charge in [-0.15, -0.1) is 11.8 Å². The third-order valence-electron chi connectivity index (χ3n) is 5.89. The number of H-pyrrole nitrogens is 1. The van der Waals surface area contributed by atoms with Gasteiger partial charge < -0.3 is 24.9 Å². The van der Waals surface area contributed by atoms with Crippen LogP contribution in [0.25, 0.3) is 0 Å². The highest BCUT2D eigenvalue weighted by atomic mass is 35.5. The average Bonchev–Trinajstić information content (AvgIpc) is 3.41. The zero-order valence-corrected chi connectivity index (χ0v) is 22.9. The van der Waals surface area contributed by atoms with Gasteiger partial charge in [-0.1, -0.05) is 34.8 Å². The Morgan fingerprint density at radius 2 is 1.87 bits per heavy atom. The number of aromatic amines is 1. The minimum absolute atomic E-state index is 0.0210. The summed E-state index contributed by atoms with van der Waals surface area (Å²) < 4.78 is 11.8. The van der Waals surface area contributed by atoms with Crippen LogP contribution in [0.1, 0.15) is 5.69 Å². The smallest absolute Gasteiger partial charge is 0.352 e. The van der Waals surface area contributed by atoms with Crippen molar-refractivity contribution in [2.24, 2.45) is 0 Å². The first kappa shape index (κ1) is 27.2. The first-order valence-electron chi connectivity index (χ1n) is 11.4. The number of carboxylic acid groups (broad SMARTS) is 1. The van der Waals surface area contributed by atoms with Crippen LogP contribution in [-0.4, -0.2) is 61.5 Å². The number of aliphatic carboxylic acids is 1. The Kier molecular flexibility index (Phi) is 7.94. The number of carbonyl (C=O) groups excluding carboxylic acids is 2. The number of aromatic nitrogens is 2. The number of β-lactam (4-membered cyclic amide) rings is 1. The highest BCUT2D eigenvalue weighted by Gasteiger charge is 2.54. The first-order valence-corrected chi connectivity index (χ1v) is 13.6. The summed E-state index contributed by atoms with van der Waals surface area (Å²) >= 11 is 19.7. The molecule has 3 N–H and O–H groups in total. The molecule has 0 aliphatic carbocycles. The van der Waals surface area contributed by atoms with E-state index in [1.165, 1.54) is 41.3 Å². The SMILES string of the molecule is O=C(Cc1cnc[nH]1)NC1C(=O)N2C(C(=O)O)=C(COc3cc(Cl)ccc3Oc3ccc(Cl)cc3Cl)CS[C@@H]12. The molecule has 2 amide bonds. The van der Waals surface area contributed by atoms with Gasteiger partial charge in [0.1, 0.15) is 29.5 Å². The number of hydrogen-bond donors (Lipinski definition) is 3. The van der Waals surface area contributed by atoms with Crippen molar-refractivity contribution >= 4 is 64.3 Å². The summed E-state index contributed by atoms with van der Waals surface area (Å²) in [6.45, 7) is -0.146. The van der Waals surface area contributed by atoms with Crippen molar-refractivity contribution in [2.45, 2.75) is 17.8 Å². The maximum Gasteiger partial charge on any atom is 0.352 e. The summed E-state index contributed by atoms with van der Waals surface area (Å²) in [5, 5.41) is 13.2. The maximum atomic E-state index is 12.9. The average molecular weight is 610 g/mol. The number of hydrogen-bond acceptors (Lipinski definition) is 7. The van der Waals surface area contributed by atoms with Gasteiger partial charge in [0.15, 0.2) is 11.5 Å². The highest BCUT2D eigenvalue weighted by molar-refractivity contribution is 8.00. The summed E-state index contributed by atoms with van der Waals surface area (Å²) in [7, 11) is 0. The second-order valence-corrected chi connectivity index (χ2v) is 10.9. The van der Waals surface area contributed by atoms with E-state index in [2.05, 4.69) is 15.3 Å². The molecule has 2 aliphatic rings. The van der Waals surface area contributed by atoms with Crippen LogP contribution >= 0.6 is 46.6 Å². The van der Waals surface area contributed by atoms with Crippen LogP contribution in [0.15, 0.2) is 60.2 Å². The monoisotopic (exact) mass is 608 g/mol. The van der Waals surface area contributed by atoms with Gasteiger partial charge in [0.25, 0.3) is 5.91 Å². The van der Waals surface area contributed by atoms with Gasteiger partial charge >= 0.3 is 5.97 Å². The molecule has 2 aromatic carbocycles. The molecule has 1 aromatic heterocycles. The highest BCUT2D eigenvalue weighted by Crippen LogP contribution is 2.42. The molecular formula is C25H19Cl3N4O6S. The molecule has 1 unspecified atom stereocenters. The lowest BCUT2D eigenvalue weighted by Crippen LogP contribution is -2.70. The molecule has 0 bridgehead atoms. The molecule has 0 radical (unpaired) electrons. The molecule has 5 rings (SSSR count). The minimum Gasteiger partial charge on any atom is -0.485 e. The standard InChI is InChI=1S/C25H19Cl3N4O6S/c26-13-1-3-17(16(28)5-13)38-18-4-2-14(27)6-19(18)37-9-12-10-39-24-21(23(34)32(24)22(12)25(35)36)31-20(33)7-15-8-29-11-30-15/h1-6,8,11,21,24H,7,9-10H2,(H,29,30)(H,31,33)(H,35,36)/t21?,24-/m0/s1. The number of rotatable bonds is 9. The number of amides is 2. The fraction of sp³-hybridized carbons (Fsp3) is 0.200. The summed E-state index contributed by atoms with van der Waals surface area (Å²) in [6, 6.07) is 8.65. The molecule has 39 heavy (non-hydrogen) atoms. The summed E-state index contributed by atoms with van der Waals surface area (Å²) in [5.41, 5.74) is 0.809. The van der Waals surface area contributed by atoms with Crippen LogP contribution in [0.5, 0.6) is 17.2 Å². The molecule has 2 atom stereocenters. The van der Waals surface area contributed by atoms with E-state index in [1.54, 1.807) is 24.3 Å². The Balaban J connectivity index is 1.30. The van der Waals surface area contributed by atoms with Crippen LogP contribution < -0.4 is 14.8 Å². The zero-order valence-electron chi connectivity index (χ0n) is 19.8. The fourth-order valence-corrected chi connectivity index (χ4v) is 6.03. The Morgan fingerprint density at radius 1 is 1.13 bits per heavy atom. The van der Waals surface area contributed by atoms with Gasteiger partial charge in [0, 0.05) is 39.3 Å². The van der Waals surface area contributed by atoms with Crippen molar-refractivity contribution in [1.29, 1.82) is 0 Å². The van der Waals surface area contributed by atoms with Crippen LogP contribution in [0.4, 0.5) is 0 Å². The van der Waals surface area contributed by atoms with Crippen LogP contribution in [0.2, 0.25) is 15.1 Å². The van der Waals surface area contributed by atoms with Gasteiger partial charge in [0.05, 0.1) is 17.8 Å². The van der Waals surface area contributed by atoms with Crippen LogP contribution in [0, 0.1) is 0 Å². The Hall–Kier alpha value is -3.38. The third-order valence-corrected chi connectivity index (χ3v) is 8.00. The number of imidazole rings is 1. The molecule has 0 spiro atoms. The molecule has 1 fully saturated rings. The van der Waals surface area contributed by atoms with E-state index in [0.717, 1.165) is 0 Å². The predicted molar refractivity (Wildman–Crippen MR) is 145 cm³/mol. The molecule has 10 nitrogen and oxygen atoms in total. The van der Waals surface area contributed by atoms with E-state index < -0.39 is 23.3 Å². The van der Waals surface area contributed by atoms with Crippen molar-refractivity contribution in [3.8, 4) is 17.2 Å². The Bertz CT molecular complexity index is 1480. The van der Waals surface area contributed by atoms with Crippen molar-refractivity contribution in [1.82, 2.24) is 20.2 Å². The van der Waals surface area contributed by atoms with E-state index >= 15 is 0 Å². The van der Waals surface area contributed by atoms with Crippen molar-refractivity contribution < 1.29 is 29.0 Å². The minimum atomic E-state index is -1.27. The van der Waals surface area contributed by atoms with Crippen molar-refractivity contribution in [3.63, 3.8) is 0 Å². The number of benzene rings is 2. The van der Waals surface area contributed by atoms with E-state index in [-0.39, 0.29) is 41.2 Å². The lowest BCUT2D eigenvalue weighted by atomic mass is 10.0. The van der Waals surface area contributed by atoms with Gasteiger partial charge in [-0.05, 0) is 30.3 Å². The quantitative estimate of drug-likeness (QED) is 0.302. The number of ether oxygens (including phenoxy) is 2. The van der Waals surface area contributed by atoms with Gasteiger partial charge in [-0.25, -0.2) is 9.78 Å². The molecule has 202 valence electrons. The molecule has 14 heteroatoms. The van der Waals surface area contributed by atoms with E-state index in [4.69, 9.17) is 44.3 Å². The molecular weight excluding hydrogens is 591 g/mol. The van der Waals surface area contributed by atoms with Gasteiger partial charge in [0.2, 0.25) is 5.91 Å². The summed E-state index contributed by atoms with van der Waals surface area (Å²) in [6.07, 6.45) is 2.99. The van der Waals surface area contributed by atoms with Gasteiger partial charge in [-0.3, -0.25) is 14.5 Å². The predicted octanol–water partition coefficient (Wildman–Crippen LogP) is 4.52. The number of halogens is 3. The number of thioether (sulfide) groups is 1. The maximum absolute atomic E-state index is 12.9. The molecule has 3 heterocycles. The largest absolute Gasteiger partial charge is 0.485 e. The van der Waals surface area contributed by atoms with Crippen molar-refractivity contribution in [3.05, 3.63) is 81.0 Å². The normalized spacial score (nSPS) is 18.3. The molecule has 0 saturated carbocycles. The Morgan fingerprint density at radius 3 is 2.56 bits per heavy atom. The van der Waals surface area contributed by atoms with E-state index in [0.29, 0.717) is 32.8 Å². The number of carboxylic acids is 1.